The molecule has 0 N–H and O–H groups in total. The van der Waals surface area contributed by atoms with Crippen molar-refractivity contribution in [3.63, 3.8) is 0 Å². The summed E-state index contributed by atoms with van der Waals surface area (Å²) in [5.41, 5.74) is 2.21. The van der Waals surface area contributed by atoms with Gasteiger partial charge in [0.2, 0.25) is 0 Å². The summed E-state index contributed by atoms with van der Waals surface area (Å²) in [6.45, 7) is 6.00. The van der Waals surface area contributed by atoms with Gasteiger partial charge >= 0.3 is 0 Å². The molecule has 0 saturated heterocycles. The van der Waals surface area contributed by atoms with Crippen LogP contribution in [0.25, 0.3) is 0 Å². The molecular formula is C12H16ClN. The van der Waals surface area contributed by atoms with Crippen LogP contribution in [-0.2, 0) is 6.42 Å². The third-order valence-corrected chi connectivity index (χ3v) is 2.07. The first-order valence-electron chi connectivity index (χ1n) is 4.86. The van der Waals surface area contributed by atoms with Gasteiger partial charge in [-0.15, -0.1) is 0 Å². The van der Waals surface area contributed by atoms with E-state index in [1.807, 2.05) is 39.0 Å². The molecule has 0 saturated carbocycles. The van der Waals surface area contributed by atoms with Gasteiger partial charge in [-0.05, 0) is 30.5 Å². The van der Waals surface area contributed by atoms with Crippen LogP contribution in [0.2, 0.25) is 5.02 Å². The minimum atomic E-state index is 0.531. The summed E-state index contributed by atoms with van der Waals surface area (Å²) in [6.07, 6.45) is 1.28. The zero-order chi connectivity index (χ0) is 11.0. The Bertz CT molecular complexity index is 313. The van der Waals surface area contributed by atoms with Crippen LogP contribution < -0.4 is 0 Å². The van der Waals surface area contributed by atoms with Crippen LogP contribution >= 0.6 is 11.6 Å². The predicted octanol–water partition coefficient (Wildman–Crippen LogP) is 4.13. The van der Waals surface area contributed by atoms with Gasteiger partial charge in [-0.25, -0.2) is 0 Å². The molecule has 0 unspecified atom stereocenters. The maximum Gasteiger partial charge on any atom is 0.0625 e. The zero-order valence-electron chi connectivity index (χ0n) is 8.97. The van der Waals surface area contributed by atoms with Crippen molar-refractivity contribution in [2.24, 2.45) is 0 Å². The number of halogens is 1. The summed E-state index contributed by atoms with van der Waals surface area (Å²) in [5, 5.41) is 9.15. The predicted molar refractivity (Wildman–Crippen MR) is 61.5 cm³/mol. The van der Waals surface area contributed by atoms with Gasteiger partial charge < -0.3 is 0 Å². The second-order valence-corrected chi connectivity index (χ2v) is 3.16. The normalized spacial score (nSPS) is 8.50. The average molecular weight is 210 g/mol. The Labute approximate surface area is 91.3 Å². The molecule has 2 heteroatoms. The fourth-order valence-electron chi connectivity index (χ4n) is 1.05. The summed E-state index contributed by atoms with van der Waals surface area (Å²) in [6, 6.07) is 8.02. The number of aryl methyl sites for hydroxylation is 2. The average Bonchev–Trinajstić information content (AvgIpc) is 2.20. The van der Waals surface area contributed by atoms with Crippen LogP contribution in [0.1, 0.15) is 31.4 Å². The lowest BCUT2D eigenvalue weighted by atomic mass is 10.1. The fourth-order valence-corrected chi connectivity index (χ4v) is 1.38. The molecule has 1 aromatic rings. The highest BCUT2D eigenvalue weighted by Crippen LogP contribution is 2.18. The first kappa shape index (κ1) is 13.0. The first-order chi connectivity index (χ1) is 6.74. The van der Waals surface area contributed by atoms with Crippen molar-refractivity contribution >= 4 is 11.6 Å². The molecule has 0 aliphatic rings. The van der Waals surface area contributed by atoms with Crippen LogP contribution in [0.4, 0.5) is 0 Å². The van der Waals surface area contributed by atoms with Crippen molar-refractivity contribution in [2.45, 2.75) is 33.6 Å². The lowest BCUT2D eigenvalue weighted by Crippen LogP contribution is -1.85. The second kappa shape index (κ2) is 7.41. The number of nitrogens with zero attached hydrogens (tertiary/aromatic N) is 1. The van der Waals surface area contributed by atoms with E-state index in [1.165, 1.54) is 0 Å². The van der Waals surface area contributed by atoms with Gasteiger partial charge in [0.15, 0.2) is 0 Å². The molecule has 0 heterocycles. The van der Waals surface area contributed by atoms with E-state index in [1.54, 1.807) is 0 Å². The number of rotatable bonds is 2. The van der Waals surface area contributed by atoms with E-state index >= 15 is 0 Å². The lowest BCUT2D eigenvalue weighted by molar-refractivity contribution is 1.01. The number of hydrogen-bond acceptors (Lipinski definition) is 1. The maximum absolute atomic E-state index is 8.38. The van der Waals surface area contributed by atoms with E-state index in [0.717, 1.165) is 22.6 Å². The lowest BCUT2D eigenvalue weighted by Gasteiger charge is -2.01. The molecular weight excluding hydrogens is 194 g/mol. The Hall–Kier alpha value is -1.00. The Morgan fingerprint density at radius 3 is 2.50 bits per heavy atom. The van der Waals surface area contributed by atoms with Crippen LogP contribution in [0.5, 0.6) is 0 Å². The van der Waals surface area contributed by atoms with E-state index in [4.69, 9.17) is 16.9 Å². The smallest absolute Gasteiger partial charge is 0.0625 e. The molecule has 1 nitrogen and oxygen atoms in total. The third-order valence-electron chi connectivity index (χ3n) is 1.71. The van der Waals surface area contributed by atoms with Crippen LogP contribution in [0, 0.1) is 18.3 Å². The van der Waals surface area contributed by atoms with Gasteiger partial charge in [0.1, 0.15) is 0 Å². The molecule has 14 heavy (non-hydrogen) atoms. The fraction of sp³-hybridized carbons (Fsp3) is 0.417. The molecule has 0 bridgehead atoms. The second-order valence-electron chi connectivity index (χ2n) is 2.75. The van der Waals surface area contributed by atoms with Gasteiger partial charge in [-0.2, -0.15) is 5.26 Å². The molecule has 0 aliphatic heterocycles. The Kier molecular flexibility index (Phi) is 6.88. The minimum absolute atomic E-state index is 0.531. The minimum Gasteiger partial charge on any atom is -0.198 e. The van der Waals surface area contributed by atoms with Crippen molar-refractivity contribution in [3.05, 3.63) is 34.3 Å². The molecule has 76 valence electrons. The molecule has 0 amide bonds. The Morgan fingerprint density at radius 2 is 2.00 bits per heavy atom. The largest absolute Gasteiger partial charge is 0.198 e. The summed E-state index contributed by atoms with van der Waals surface area (Å²) in [4.78, 5) is 0. The van der Waals surface area contributed by atoms with E-state index < -0.39 is 0 Å². The standard InChI is InChI=1S/C10H10ClN.C2H6/c1-8-4-5-9(3-2-6-12)10(11)7-8;1-2/h4-5,7H,2-3H2,1H3;1-2H3. The van der Waals surface area contributed by atoms with Crippen molar-refractivity contribution in [1.29, 1.82) is 5.26 Å². The van der Waals surface area contributed by atoms with Gasteiger partial charge in [-0.1, -0.05) is 37.6 Å². The van der Waals surface area contributed by atoms with Gasteiger partial charge in [-0.3, -0.25) is 0 Å². The van der Waals surface area contributed by atoms with Gasteiger partial charge in [0.05, 0.1) is 6.07 Å². The summed E-state index contributed by atoms with van der Waals surface area (Å²) in [7, 11) is 0. The highest BCUT2D eigenvalue weighted by atomic mass is 35.5. The number of benzene rings is 1. The quantitative estimate of drug-likeness (QED) is 0.719. The maximum atomic E-state index is 8.38. The zero-order valence-corrected chi connectivity index (χ0v) is 9.73. The Morgan fingerprint density at radius 1 is 1.36 bits per heavy atom. The van der Waals surface area contributed by atoms with Crippen molar-refractivity contribution in [2.75, 3.05) is 0 Å². The van der Waals surface area contributed by atoms with E-state index in [9.17, 15) is 0 Å². The van der Waals surface area contributed by atoms with E-state index in [0.29, 0.717) is 6.42 Å². The topological polar surface area (TPSA) is 23.8 Å². The molecule has 1 rings (SSSR count). The van der Waals surface area contributed by atoms with Crippen LogP contribution in [-0.4, -0.2) is 0 Å². The number of hydrogen-bond donors (Lipinski definition) is 0. The monoisotopic (exact) mass is 209 g/mol. The van der Waals surface area contributed by atoms with Crippen LogP contribution in [0.3, 0.4) is 0 Å². The van der Waals surface area contributed by atoms with Gasteiger partial charge in [0.25, 0.3) is 0 Å². The highest BCUT2D eigenvalue weighted by molar-refractivity contribution is 6.31. The first-order valence-corrected chi connectivity index (χ1v) is 5.24. The molecule has 0 spiro atoms. The van der Waals surface area contributed by atoms with E-state index in [-0.39, 0.29) is 0 Å². The van der Waals surface area contributed by atoms with E-state index in [2.05, 4.69) is 6.07 Å². The molecule has 0 radical (unpaired) electrons. The highest BCUT2D eigenvalue weighted by Gasteiger charge is 1.98. The third kappa shape index (κ3) is 4.30. The summed E-state index contributed by atoms with van der Waals surface area (Å²) < 4.78 is 0. The molecule has 1 aromatic carbocycles. The molecule has 0 aliphatic carbocycles. The van der Waals surface area contributed by atoms with Crippen molar-refractivity contribution in [1.82, 2.24) is 0 Å². The molecule has 0 fully saturated rings. The van der Waals surface area contributed by atoms with Crippen LogP contribution in [0.15, 0.2) is 18.2 Å². The van der Waals surface area contributed by atoms with Gasteiger partial charge in [0, 0.05) is 11.4 Å². The van der Waals surface area contributed by atoms with Crippen molar-refractivity contribution in [3.8, 4) is 6.07 Å². The summed E-state index contributed by atoms with van der Waals surface area (Å²) in [5.74, 6) is 0. The Balaban J connectivity index is 0.000000791. The SMILES string of the molecule is CC.Cc1ccc(CCC#N)c(Cl)c1. The number of nitriles is 1. The molecule has 0 aromatic heterocycles. The summed E-state index contributed by atoms with van der Waals surface area (Å²) >= 11 is 5.96. The van der Waals surface area contributed by atoms with Crippen molar-refractivity contribution < 1.29 is 0 Å². The molecule has 0 atom stereocenters.